The van der Waals surface area contributed by atoms with E-state index in [1.165, 1.54) is 11.8 Å². The van der Waals surface area contributed by atoms with Crippen molar-refractivity contribution in [2.45, 2.75) is 29.4 Å². The van der Waals surface area contributed by atoms with Crippen molar-refractivity contribution in [3.05, 3.63) is 48.0 Å². The summed E-state index contributed by atoms with van der Waals surface area (Å²) in [6, 6.07) is 12.6. The SMILES string of the molecule is O=C1CCc2cc(OC(=O)CC3Sc4ccccc4NC3=O)ccc2N1. The van der Waals surface area contributed by atoms with Crippen LogP contribution in [0.1, 0.15) is 18.4 Å². The summed E-state index contributed by atoms with van der Waals surface area (Å²) >= 11 is 1.37. The van der Waals surface area contributed by atoms with Gasteiger partial charge in [-0.2, -0.15) is 0 Å². The molecule has 0 aliphatic carbocycles. The zero-order chi connectivity index (χ0) is 18.1. The second-order valence-electron chi connectivity index (χ2n) is 6.14. The first-order valence-corrected chi connectivity index (χ1v) is 9.16. The van der Waals surface area contributed by atoms with Gasteiger partial charge in [-0.05, 0) is 42.3 Å². The molecule has 0 saturated heterocycles. The van der Waals surface area contributed by atoms with Crippen LogP contribution in [-0.4, -0.2) is 23.0 Å². The van der Waals surface area contributed by atoms with Crippen LogP contribution in [0.3, 0.4) is 0 Å². The van der Waals surface area contributed by atoms with E-state index < -0.39 is 11.2 Å². The second-order valence-corrected chi connectivity index (χ2v) is 7.38. The number of hydrogen-bond acceptors (Lipinski definition) is 5. The molecule has 0 saturated carbocycles. The lowest BCUT2D eigenvalue weighted by Crippen LogP contribution is -2.32. The zero-order valence-electron chi connectivity index (χ0n) is 13.8. The Bertz CT molecular complexity index is 912. The van der Waals surface area contributed by atoms with Crippen LogP contribution < -0.4 is 15.4 Å². The minimum atomic E-state index is -0.519. The van der Waals surface area contributed by atoms with Gasteiger partial charge in [-0.1, -0.05) is 12.1 Å². The molecule has 26 heavy (non-hydrogen) atoms. The van der Waals surface area contributed by atoms with Gasteiger partial charge in [-0.25, -0.2) is 0 Å². The number of rotatable bonds is 3. The monoisotopic (exact) mass is 368 g/mol. The van der Waals surface area contributed by atoms with E-state index in [0.29, 0.717) is 18.6 Å². The van der Waals surface area contributed by atoms with Crippen molar-refractivity contribution in [1.29, 1.82) is 0 Å². The van der Waals surface area contributed by atoms with Gasteiger partial charge in [0.1, 0.15) is 5.75 Å². The summed E-state index contributed by atoms with van der Waals surface area (Å²) in [6.45, 7) is 0. The van der Waals surface area contributed by atoms with Gasteiger partial charge < -0.3 is 15.4 Å². The maximum Gasteiger partial charge on any atom is 0.312 e. The number of nitrogens with one attached hydrogen (secondary N) is 2. The average Bonchev–Trinajstić information content (AvgIpc) is 2.62. The van der Waals surface area contributed by atoms with Crippen LogP contribution in [0, 0.1) is 0 Å². The molecule has 0 fully saturated rings. The Morgan fingerprint density at radius 1 is 1.08 bits per heavy atom. The Hall–Kier alpha value is -2.80. The standard InChI is InChI=1S/C19H16N2O4S/c22-17-8-5-11-9-12(6-7-13(11)20-17)25-18(23)10-16-19(24)21-14-3-1-2-4-15(14)26-16/h1-4,6-7,9,16H,5,8,10H2,(H,20,22)(H,21,24). The van der Waals surface area contributed by atoms with Crippen molar-refractivity contribution < 1.29 is 19.1 Å². The fourth-order valence-corrected chi connectivity index (χ4v) is 4.07. The van der Waals surface area contributed by atoms with E-state index >= 15 is 0 Å². The van der Waals surface area contributed by atoms with Gasteiger partial charge in [0, 0.05) is 17.0 Å². The molecule has 0 bridgehead atoms. The molecule has 2 N–H and O–H groups in total. The molecule has 1 atom stereocenters. The number of hydrogen-bond donors (Lipinski definition) is 2. The lowest BCUT2D eigenvalue weighted by atomic mass is 10.0. The Morgan fingerprint density at radius 2 is 1.92 bits per heavy atom. The normalized spacial score (nSPS) is 18.2. The number of para-hydroxylation sites is 1. The quantitative estimate of drug-likeness (QED) is 0.643. The van der Waals surface area contributed by atoms with Crippen LogP contribution in [0.15, 0.2) is 47.4 Å². The summed E-state index contributed by atoms with van der Waals surface area (Å²) in [5.74, 6) is -0.245. The molecule has 0 radical (unpaired) electrons. The van der Waals surface area contributed by atoms with Gasteiger partial charge in [0.05, 0.1) is 17.4 Å². The van der Waals surface area contributed by atoms with Crippen molar-refractivity contribution in [1.82, 2.24) is 0 Å². The largest absolute Gasteiger partial charge is 0.426 e. The molecule has 2 heterocycles. The predicted molar refractivity (Wildman–Crippen MR) is 98.4 cm³/mol. The van der Waals surface area contributed by atoms with Gasteiger partial charge in [0.15, 0.2) is 0 Å². The number of carbonyl (C=O) groups excluding carboxylic acids is 3. The van der Waals surface area contributed by atoms with E-state index in [0.717, 1.165) is 21.8 Å². The van der Waals surface area contributed by atoms with Gasteiger partial charge in [-0.15, -0.1) is 11.8 Å². The summed E-state index contributed by atoms with van der Waals surface area (Å²) in [6.07, 6.45) is 1.02. The van der Waals surface area contributed by atoms with Gasteiger partial charge >= 0.3 is 5.97 Å². The van der Waals surface area contributed by atoms with Gasteiger partial charge in [0.2, 0.25) is 11.8 Å². The van der Waals surface area contributed by atoms with Crippen LogP contribution in [0.4, 0.5) is 11.4 Å². The van der Waals surface area contributed by atoms with Crippen LogP contribution >= 0.6 is 11.8 Å². The summed E-state index contributed by atoms with van der Waals surface area (Å²) < 4.78 is 5.40. The summed E-state index contributed by atoms with van der Waals surface area (Å²) in [5, 5.41) is 5.08. The minimum Gasteiger partial charge on any atom is -0.426 e. The summed E-state index contributed by atoms with van der Waals surface area (Å²) in [7, 11) is 0. The maximum atomic E-state index is 12.3. The van der Waals surface area contributed by atoms with E-state index in [-0.39, 0.29) is 18.2 Å². The van der Waals surface area contributed by atoms with Crippen molar-refractivity contribution in [2.75, 3.05) is 10.6 Å². The number of benzene rings is 2. The van der Waals surface area contributed by atoms with Crippen LogP contribution in [0.25, 0.3) is 0 Å². The van der Waals surface area contributed by atoms with Crippen LogP contribution in [0.5, 0.6) is 5.75 Å². The van der Waals surface area contributed by atoms with Crippen molar-refractivity contribution in [3.63, 3.8) is 0 Å². The number of carbonyl (C=O) groups is 3. The van der Waals surface area contributed by atoms with Crippen molar-refractivity contribution >= 4 is 40.9 Å². The van der Waals surface area contributed by atoms with E-state index in [9.17, 15) is 14.4 Å². The molecule has 2 aromatic carbocycles. The molecular weight excluding hydrogens is 352 g/mol. The van der Waals surface area contributed by atoms with Gasteiger partial charge in [-0.3, -0.25) is 14.4 Å². The number of thioether (sulfide) groups is 1. The lowest BCUT2D eigenvalue weighted by molar-refractivity contribution is -0.135. The first-order chi connectivity index (χ1) is 12.6. The third kappa shape index (κ3) is 3.43. The summed E-state index contributed by atoms with van der Waals surface area (Å²) in [4.78, 5) is 36.8. The number of anilines is 2. The van der Waals surface area contributed by atoms with Crippen LogP contribution in [-0.2, 0) is 20.8 Å². The Kier molecular flexibility index (Phi) is 4.38. The molecule has 0 spiro atoms. The molecule has 2 amide bonds. The number of amides is 2. The van der Waals surface area contributed by atoms with Gasteiger partial charge in [0.25, 0.3) is 0 Å². The smallest absolute Gasteiger partial charge is 0.312 e. The maximum absolute atomic E-state index is 12.3. The molecular formula is C19H16N2O4S. The Morgan fingerprint density at radius 3 is 2.81 bits per heavy atom. The molecule has 2 aliphatic rings. The molecule has 4 rings (SSSR count). The highest BCUT2D eigenvalue weighted by Crippen LogP contribution is 2.37. The number of aryl methyl sites for hydroxylation is 1. The minimum absolute atomic E-state index is 0.0112. The third-order valence-corrected chi connectivity index (χ3v) is 5.54. The second kappa shape index (κ2) is 6.84. The topological polar surface area (TPSA) is 84.5 Å². The average molecular weight is 368 g/mol. The first kappa shape index (κ1) is 16.7. The molecule has 2 aliphatic heterocycles. The highest BCUT2D eigenvalue weighted by Gasteiger charge is 2.29. The molecule has 7 heteroatoms. The highest BCUT2D eigenvalue weighted by atomic mass is 32.2. The van der Waals surface area contributed by atoms with E-state index in [2.05, 4.69) is 10.6 Å². The molecule has 2 aromatic rings. The predicted octanol–water partition coefficient (Wildman–Crippen LogP) is 2.98. The fourth-order valence-electron chi connectivity index (χ4n) is 2.97. The molecule has 0 aromatic heterocycles. The summed E-state index contributed by atoms with van der Waals surface area (Å²) in [5.41, 5.74) is 2.46. The first-order valence-electron chi connectivity index (χ1n) is 8.28. The molecule has 132 valence electrons. The fraction of sp³-hybridized carbons (Fsp3) is 0.211. The number of ether oxygens (including phenoxy) is 1. The number of fused-ring (bicyclic) bond motifs is 2. The Balaban J connectivity index is 1.42. The van der Waals surface area contributed by atoms with Crippen LogP contribution in [0.2, 0.25) is 0 Å². The van der Waals surface area contributed by atoms with Crippen molar-refractivity contribution in [3.8, 4) is 5.75 Å². The van der Waals surface area contributed by atoms with E-state index in [1.54, 1.807) is 18.2 Å². The van der Waals surface area contributed by atoms with E-state index in [4.69, 9.17) is 4.74 Å². The molecule has 6 nitrogen and oxygen atoms in total. The van der Waals surface area contributed by atoms with E-state index in [1.807, 2.05) is 24.3 Å². The molecule has 1 unspecified atom stereocenters. The third-order valence-electron chi connectivity index (χ3n) is 4.26. The lowest BCUT2D eigenvalue weighted by Gasteiger charge is -2.23. The highest BCUT2D eigenvalue weighted by molar-refractivity contribution is 8.01. The van der Waals surface area contributed by atoms with Crippen molar-refractivity contribution in [2.24, 2.45) is 0 Å². The number of esters is 1. The Labute approximate surface area is 154 Å². The zero-order valence-corrected chi connectivity index (χ0v) is 14.6.